The molecule has 0 fully saturated rings. The Morgan fingerprint density at radius 2 is 1.88 bits per heavy atom. The Labute approximate surface area is 47.5 Å². The Kier molecular flexibility index (Phi) is 1.96. The van der Waals surface area contributed by atoms with Gasteiger partial charge in [-0.2, -0.15) is 0 Å². The van der Waals surface area contributed by atoms with Crippen LogP contribution in [0, 0.1) is 4.91 Å². The molecule has 0 radical (unpaired) electrons. The molecule has 0 aromatic rings. The van der Waals surface area contributed by atoms with E-state index in [2.05, 4.69) is 17.7 Å². The van der Waals surface area contributed by atoms with Gasteiger partial charge in [-0.25, -0.2) is 0 Å². The van der Waals surface area contributed by atoms with Crippen molar-refractivity contribution in [3.8, 4) is 0 Å². The maximum absolute atomic E-state index is 10.8. The average Bonchev–Trinajstić information content (AvgIpc) is 1.21. The Bertz CT molecular complexity index is 99.9. The van der Waals surface area contributed by atoms with E-state index in [1.165, 1.54) is 0 Å². The second-order valence-electron chi connectivity index (χ2n) is 0.761. The SMILES string of the molecule is O=[N+]([S-])OC(F)(F)F. The van der Waals surface area contributed by atoms with E-state index >= 15 is 0 Å². The molecule has 48 valence electrons. The molecule has 0 bridgehead atoms. The van der Waals surface area contributed by atoms with Crippen molar-refractivity contribution in [1.82, 2.24) is 0 Å². The van der Waals surface area contributed by atoms with E-state index in [0.29, 0.717) is 0 Å². The summed E-state index contributed by atoms with van der Waals surface area (Å²) in [7, 11) is 0. The molecule has 0 aliphatic carbocycles. The van der Waals surface area contributed by atoms with Gasteiger partial charge in [-0.3, -0.25) is 0 Å². The second kappa shape index (κ2) is 2.12. The smallest absolute Gasteiger partial charge is 0.305 e. The topological polar surface area (TPSA) is 29.3 Å². The minimum Gasteiger partial charge on any atom is -0.305 e. The molecule has 0 saturated heterocycles. The summed E-state index contributed by atoms with van der Waals surface area (Å²) in [4.78, 5) is 11.8. The van der Waals surface area contributed by atoms with Gasteiger partial charge in [-0.05, 0) is 0 Å². The second-order valence-corrected chi connectivity index (χ2v) is 1.06. The van der Waals surface area contributed by atoms with Crippen LogP contribution in [0.15, 0.2) is 0 Å². The van der Waals surface area contributed by atoms with Crippen LogP contribution in [0.5, 0.6) is 0 Å². The van der Waals surface area contributed by atoms with Crippen LogP contribution in [0.2, 0.25) is 0 Å². The first-order chi connectivity index (χ1) is 3.42. The fourth-order valence-corrected chi connectivity index (χ4v) is 0.169. The van der Waals surface area contributed by atoms with Crippen LogP contribution in [0.4, 0.5) is 13.2 Å². The van der Waals surface area contributed by atoms with Crippen LogP contribution in [-0.4, -0.2) is 10.7 Å². The van der Waals surface area contributed by atoms with Crippen molar-refractivity contribution in [2.24, 2.45) is 0 Å². The molecule has 0 spiro atoms. The van der Waals surface area contributed by atoms with Crippen LogP contribution >= 0.6 is 0 Å². The van der Waals surface area contributed by atoms with Crippen LogP contribution in [0.3, 0.4) is 0 Å². The molecule has 0 aliphatic rings. The van der Waals surface area contributed by atoms with Crippen molar-refractivity contribution in [2.75, 3.05) is 0 Å². The van der Waals surface area contributed by atoms with Crippen molar-refractivity contribution < 1.29 is 22.3 Å². The predicted octanol–water partition coefficient (Wildman–Crippen LogP) is 0.679. The first-order valence-corrected chi connectivity index (χ1v) is 1.68. The van der Waals surface area contributed by atoms with E-state index in [1.807, 2.05) is 0 Å². The van der Waals surface area contributed by atoms with Crippen LogP contribution in [-0.2, 0) is 17.7 Å². The van der Waals surface area contributed by atoms with E-state index in [1.54, 1.807) is 0 Å². The van der Waals surface area contributed by atoms with E-state index in [-0.39, 0.29) is 0 Å². The lowest BCUT2D eigenvalue weighted by atomic mass is 11.4. The summed E-state index contributed by atoms with van der Waals surface area (Å²) in [5.41, 5.74) is 0. The normalized spacial score (nSPS) is 10.9. The lowest BCUT2D eigenvalue weighted by molar-refractivity contribution is -0.751. The quantitative estimate of drug-likeness (QED) is 0.403. The summed E-state index contributed by atoms with van der Waals surface area (Å²) in [5, 5.41) is 0. The Hall–Kier alpha value is -0.590. The summed E-state index contributed by atoms with van der Waals surface area (Å²) < 4.78 is 31.2. The maximum Gasteiger partial charge on any atom is 0.629 e. The Morgan fingerprint density at radius 3 is 1.88 bits per heavy atom. The largest absolute Gasteiger partial charge is 0.629 e. The Morgan fingerprint density at radius 1 is 1.50 bits per heavy atom. The van der Waals surface area contributed by atoms with Gasteiger partial charge in [-0.15, -0.1) is 18.0 Å². The minimum atomic E-state index is -4.97. The third kappa shape index (κ3) is 5.41. The lowest BCUT2D eigenvalue weighted by Gasteiger charge is -1.96. The van der Waals surface area contributed by atoms with Gasteiger partial charge in [0.2, 0.25) is 0 Å². The molecule has 0 unspecified atom stereocenters. The first-order valence-electron chi connectivity index (χ1n) is 1.32. The van der Waals surface area contributed by atoms with Crippen molar-refractivity contribution in [1.29, 1.82) is 0 Å². The van der Waals surface area contributed by atoms with Crippen molar-refractivity contribution in [2.45, 2.75) is 6.36 Å². The zero-order valence-electron chi connectivity index (χ0n) is 3.31. The summed E-state index contributed by atoms with van der Waals surface area (Å²) in [6, 6.07) is 0. The number of hydrogen-bond donors (Lipinski definition) is 0. The van der Waals surface area contributed by atoms with Gasteiger partial charge in [0.15, 0.2) is 0 Å². The minimum absolute atomic E-state index is 1.08. The summed E-state index contributed by atoms with van der Waals surface area (Å²) in [6.07, 6.45) is -4.97. The van der Waals surface area contributed by atoms with Gasteiger partial charge >= 0.3 is 6.36 Å². The molecule has 7 heteroatoms. The molecule has 3 nitrogen and oxygen atoms in total. The summed E-state index contributed by atoms with van der Waals surface area (Å²) in [5.74, 6) is 0. The van der Waals surface area contributed by atoms with Gasteiger partial charge in [0, 0.05) is 0 Å². The van der Waals surface area contributed by atoms with E-state index in [4.69, 9.17) is 0 Å². The van der Waals surface area contributed by atoms with Crippen molar-refractivity contribution in [3.05, 3.63) is 4.91 Å². The first kappa shape index (κ1) is 7.41. The standard InChI is InChI=1S/CF3NO2S/c2-1(3,4)7-5(6)8. The fraction of sp³-hybridized carbons (Fsp3) is 1.00. The van der Waals surface area contributed by atoms with E-state index in [0.717, 1.165) is 0 Å². The number of nitrogens with zero attached hydrogens (tertiary/aromatic N) is 1. The van der Waals surface area contributed by atoms with Gasteiger partial charge in [0.1, 0.15) is 4.33 Å². The predicted molar refractivity (Wildman–Crippen MR) is 18.1 cm³/mol. The van der Waals surface area contributed by atoms with Gasteiger partial charge < -0.3 is 12.8 Å². The van der Waals surface area contributed by atoms with Crippen LogP contribution in [0.1, 0.15) is 0 Å². The third-order valence-electron chi connectivity index (χ3n) is 0.178. The fourth-order valence-electron chi connectivity index (χ4n) is 0.0845. The monoisotopic (exact) mass is 147 g/mol. The van der Waals surface area contributed by atoms with Gasteiger partial charge in [0.25, 0.3) is 0 Å². The molecular weight excluding hydrogens is 147 g/mol. The number of rotatable bonds is 1. The molecule has 0 heterocycles. The highest BCUT2D eigenvalue weighted by atomic mass is 32.1. The molecule has 0 aromatic carbocycles. The Balaban J connectivity index is 3.55. The van der Waals surface area contributed by atoms with Crippen molar-refractivity contribution in [3.63, 3.8) is 0 Å². The number of halogens is 3. The molecule has 0 aliphatic heterocycles. The van der Waals surface area contributed by atoms with E-state index in [9.17, 15) is 18.1 Å². The molecule has 8 heavy (non-hydrogen) atoms. The van der Waals surface area contributed by atoms with E-state index < -0.39 is 10.7 Å². The highest BCUT2D eigenvalue weighted by Gasteiger charge is 2.37. The molecule has 0 amide bonds. The number of alkyl halides is 3. The van der Waals surface area contributed by atoms with Gasteiger partial charge in [0.05, 0.1) is 4.91 Å². The number of hydrogen-bond acceptors (Lipinski definition) is 3. The molecule has 0 aromatic heterocycles. The van der Waals surface area contributed by atoms with Crippen LogP contribution < -0.4 is 0 Å². The van der Waals surface area contributed by atoms with Crippen LogP contribution in [0.25, 0.3) is 0 Å². The average molecular weight is 147 g/mol. The van der Waals surface area contributed by atoms with Gasteiger partial charge in [-0.1, -0.05) is 0 Å². The highest BCUT2D eigenvalue weighted by Crippen LogP contribution is 2.15. The molecule has 0 N–H and O–H groups in total. The maximum atomic E-state index is 10.8. The molecule has 0 rings (SSSR count). The molecule has 0 atom stereocenters. The summed E-state index contributed by atoms with van der Waals surface area (Å²) in [6.45, 7) is 0. The molecular formula is CF3NO2S. The lowest BCUT2D eigenvalue weighted by Crippen LogP contribution is -2.17. The highest BCUT2D eigenvalue weighted by molar-refractivity contribution is 7.51. The van der Waals surface area contributed by atoms with Crippen molar-refractivity contribution >= 4 is 12.8 Å². The summed E-state index contributed by atoms with van der Waals surface area (Å²) >= 11 is 3.36. The molecule has 0 saturated carbocycles. The zero-order chi connectivity index (χ0) is 6.78. The third-order valence-corrected chi connectivity index (χ3v) is 0.253. The zero-order valence-corrected chi connectivity index (χ0v) is 4.12.